The van der Waals surface area contributed by atoms with Crippen LogP contribution in [0.1, 0.15) is 72.0 Å². The molecule has 2 aromatic rings. The molecule has 2 aliphatic heterocycles. The molecule has 1 unspecified atom stereocenters. The predicted octanol–water partition coefficient (Wildman–Crippen LogP) is 4.40. The van der Waals surface area contributed by atoms with E-state index in [0.29, 0.717) is 24.4 Å². The summed E-state index contributed by atoms with van der Waals surface area (Å²) in [7, 11) is 0. The third-order valence-corrected chi connectivity index (χ3v) is 7.44. The lowest BCUT2D eigenvalue weighted by Gasteiger charge is -2.22. The van der Waals surface area contributed by atoms with Crippen LogP contribution in [0.25, 0.3) is 0 Å². The zero-order valence-electron chi connectivity index (χ0n) is 20.7. The highest BCUT2D eigenvalue weighted by Crippen LogP contribution is 2.35. The smallest absolute Gasteiger partial charge is 0.255 e. The normalized spacial score (nSPS) is 17.3. The number of carbonyl (C=O) groups is 3. The Labute approximate surface area is 208 Å². The zero-order chi connectivity index (χ0) is 24.6. The highest BCUT2D eigenvalue weighted by atomic mass is 16.5. The van der Waals surface area contributed by atoms with Crippen molar-refractivity contribution in [3.8, 4) is 5.75 Å². The van der Waals surface area contributed by atoms with Gasteiger partial charge < -0.3 is 24.1 Å². The summed E-state index contributed by atoms with van der Waals surface area (Å²) in [5.74, 6) is 1.42. The first kappa shape index (κ1) is 25.1. The summed E-state index contributed by atoms with van der Waals surface area (Å²) in [4.78, 5) is 39.3. The Kier molecular flexibility index (Phi) is 8.69. The van der Waals surface area contributed by atoms with Gasteiger partial charge in [-0.2, -0.15) is 0 Å². The zero-order valence-corrected chi connectivity index (χ0v) is 20.7. The quantitative estimate of drug-likeness (QED) is 0.299. The predicted molar refractivity (Wildman–Crippen MR) is 136 cm³/mol. The molecule has 2 atom stereocenters. The second kappa shape index (κ2) is 12.1. The maximum absolute atomic E-state index is 12.9. The molecule has 6 nitrogen and oxygen atoms in total. The summed E-state index contributed by atoms with van der Waals surface area (Å²) >= 11 is 0. The molecule has 0 N–H and O–H groups in total. The highest BCUT2D eigenvalue weighted by Gasteiger charge is 2.33. The number of amides is 1. The second-order valence-electron chi connectivity index (χ2n) is 9.55. The fourth-order valence-electron chi connectivity index (χ4n) is 5.34. The maximum Gasteiger partial charge on any atom is 0.255 e. The van der Waals surface area contributed by atoms with Gasteiger partial charge in [-0.3, -0.25) is 4.79 Å². The number of para-hydroxylation sites is 1. The van der Waals surface area contributed by atoms with Gasteiger partial charge in [0.05, 0.1) is 12.6 Å². The lowest BCUT2D eigenvalue weighted by Crippen LogP contribution is -2.36. The standard InChI is InChI=1S/C29H36N2O4/c1-2-30(17-15-23-21-35-28-14-4-3-12-25(23)28)16-6-5-9-22-10-7-13-26-27(22)19-31(29(26)34)24(20-33)11-8-18-32/h3-4,7,10,12-14,18,20,23-24H,2,5-6,8-9,11,15-17,19,21H2,1H3/t23-,24?/m1/s1. The number of hydrogen-bond donors (Lipinski definition) is 0. The van der Waals surface area contributed by atoms with Gasteiger partial charge in [-0.15, -0.1) is 0 Å². The van der Waals surface area contributed by atoms with Gasteiger partial charge in [0.1, 0.15) is 18.3 Å². The van der Waals surface area contributed by atoms with Gasteiger partial charge in [0.25, 0.3) is 5.91 Å². The summed E-state index contributed by atoms with van der Waals surface area (Å²) in [6.07, 6.45) is 6.45. The molecule has 0 bridgehead atoms. The summed E-state index contributed by atoms with van der Waals surface area (Å²) < 4.78 is 5.84. The number of ether oxygens (including phenoxy) is 1. The number of aldehydes is 2. The van der Waals surface area contributed by atoms with Crippen LogP contribution in [0.2, 0.25) is 0 Å². The van der Waals surface area contributed by atoms with E-state index < -0.39 is 6.04 Å². The minimum atomic E-state index is -0.539. The van der Waals surface area contributed by atoms with Crippen LogP contribution in [0, 0.1) is 0 Å². The molecule has 4 rings (SSSR count). The Morgan fingerprint density at radius 1 is 1.11 bits per heavy atom. The van der Waals surface area contributed by atoms with Gasteiger partial charge in [-0.05, 0) is 75.0 Å². The van der Waals surface area contributed by atoms with Crippen LogP contribution in [0.5, 0.6) is 5.75 Å². The number of fused-ring (bicyclic) bond motifs is 2. The molecule has 186 valence electrons. The average molecular weight is 477 g/mol. The summed E-state index contributed by atoms with van der Waals surface area (Å²) in [5.41, 5.74) is 4.28. The van der Waals surface area contributed by atoms with Crippen molar-refractivity contribution < 1.29 is 19.1 Å². The average Bonchev–Trinajstić information content (AvgIpc) is 3.46. The number of unbranched alkanes of at least 4 members (excludes halogenated alkanes) is 1. The molecule has 35 heavy (non-hydrogen) atoms. The van der Waals surface area contributed by atoms with E-state index in [4.69, 9.17) is 4.74 Å². The van der Waals surface area contributed by atoms with Crippen LogP contribution >= 0.6 is 0 Å². The van der Waals surface area contributed by atoms with Crippen molar-refractivity contribution in [2.75, 3.05) is 26.2 Å². The highest BCUT2D eigenvalue weighted by molar-refractivity contribution is 6.00. The van der Waals surface area contributed by atoms with Crippen LogP contribution in [-0.4, -0.2) is 60.6 Å². The van der Waals surface area contributed by atoms with Crippen molar-refractivity contribution in [1.82, 2.24) is 9.80 Å². The third kappa shape index (κ3) is 5.81. The van der Waals surface area contributed by atoms with E-state index >= 15 is 0 Å². The van der Waals surface area contributed by atoms with Crippen LogP contribution in [0.4, 0.5) is 0 Å². The maximum atomic E-state index is 12.9. The van der Waals surface area contributed by atoms with E-state index in [1.807, 2.05) is 18.2 Å². The monoisotopic (exact) mass is 476 g/mol. The summed E-state index contributed by atoms with van der Waals surface area (Å²) in [6.45, 7) is 6.62. The second-order valence-corrected chi connectivity index (χ2v) is 9.55. The van der Waals surface area contributed by atoms with Crippen molar-refractivity contribution in [2.45, 2.75) is 64.0 Å². The fraction of sp³-hybridized carbons (Fsp3) is 0.483. The molecule has 0 saturated heterocycles. The first-order chi connectivity index (χ1) is 17.2. The van der Waals surface area contributed by atoms with E-state index in [1.54, 1.807) is 4.90 Å². The molecular weight excluding hydrogens is 440 g/mol. The Bertz CT molecular complexity index is 1040. The van der Waals surface area contributed by atoms with E-state index in [9.17, 15) is 14.4 Å². The van der Waals surface area contributed by atoms with E-state index in [-0.39, 0.29) is 12.3 Å². The molecule has 0 saturated carbocycles. The molecule has 0 aliphatic carbocycles. The topological polar surface area (TPSA) is 66.9 Å². The molecule has 0 fully saturated rings. The van der Waals surface area contributed by atoms with Crippen LogP contribution in [0.15, 0.2) is 42.5 Å². The molecule has 6 heteroatoms. The van der Waals surface area contributed by atoms with Gasteiger partial charge in [-0.25, -0.2) is 0 Å². The molecule has 0 aromatic heterocycles. The van der Waals surface area contributed by atoms with Crippen molar-refractivity contribution in [2.24, 2.45) is 0 Å². The molecule has 2 aromatic carbocycles. The molecule has 0 radical (unpaired) electrons. The summed E-state index contributed by atoms with van der Waals surface area (Å²) in [5, 5.41) is 0. The molecule has 2 aliphatic rings. The van der Waals surface area contributed by atoms with Crippen LogP contribution < -0.4 is 4.74 Å². The fourth-order valence-corrected chi connectivity index (χ4v) is 5.34. The van der Waals surface area contributed by atoms with Gasteiger partial charge in [0, 0.05) is 30.0 Å². The minimum absolute atomic E-state index is 0.0977. The van der Waals surface area contributed by atoms with Crippen molar-refractivity contribution in [1.29, 1.82) is 0 Å². The Morgan fingerprint density at radius 2 is 1.97 bits per heavy atom. The van der Waals surface area contributed by atoms with Gasteiger partial charge in [0.15, 0.2) is 0 Å². The number of aryl methyl sites for hydroxylation is 1. The van der Waals surface area contributed by atoms with E-state index in [2.05, 4.69) is 36.1 Å². The molecule has 2 heterocycles. The lowest BCUT2D eigenvalue weighted by atomic mass is 9.97. The first-order valence-electron chi connectivity index (χ1n) is 12.9. The van der Waals surface area contributed by atoms with Gasteiger partial charge in [-0.1, -0.05) is 37.3 Å². The van der Waals surface area contributed by atoms with E-state index in [1.165, 1.54) is 11.1 Å². The Hall–Kier alpha value is -2.99. The largest absolute Gasteiger partial charge is 0.493 e. The molecule has 1 amide bonds. The number of hydrogen-bond acceptors (Lipinski definition) is 5. The number of benzene rings is 2. The van der Waals surface area contributed by atoms with Crippen LogP contribution in [-0.2, 0) is 22.6 Å². The van der Waals surface area contributed by atoms with Gasteiger partial charge >= 0.3 is 0 Å². The van der Waals surface area contributed by atoms with Gasteiger partial charge in [0.2, 0.25) is 0 Å². The Morgan fingerprint density at radius 3 is 2.77 bits per heavy atom. The lowest BCUT2D eigenvalue weighted by molar-refractivity contribution is -0.112. The summed E-state index contributed by atoms with van der Waals surface area (Å²) in [6, 6.07) is 13.7. The number of nitrogens with zero attached hydrogens (tertiary/aromatic N) is 2. The van der Waals surface area contributed by atoms with Crippen LogP contribution in [0.3, 0.4) is 0 Å². The number of rotatable bonds is 14. The minimum Gasteiger partial charge on any atom is -0.493 e. The SMILES string of the molecule is CCN(CCCCc1cccc2c1CN(C(C=O)CCC=O)C2=O)CC[C@@H]1COc2ccccc21. The van der Waals surface area contributed by atoms with E-state index in [0.717, 1.165) is 75.8 Å². The first-order valence-corrected chi connectivity index (χ1v) is 12.9. The number of carbonyl (C=O) groups excluding carboxylic acids is 3. The molecule has 0 spiro atoms. The van der Waals surface area contributed by atoms with Crippen molar-refractivity contribution >= 4 is 18.5 Å². The van der Waals surface area contributed by atoms with Crippen molar-refractivity contribution in [3.63, 3.8) is 0 Å². The third-order valence-electron chi connectivity index (χ3n) is 7.44. The molecular formula is C29H36N2O4. The van der Waals surface area contributed by atoms with Crippen molar-refractivity contribution in [3.05, 3.63) is 64.7 Å². The Balaban J connectivity index is 1.26.